The van der Waals surface area contributed by atoms with Crippen molar-refractivity contribution in [3.8, 4) is 0 Å². The molecule has 2 aromatic rings. The van der Waals surface area contributed by atoms with E-state index in [1.54, 1.807) is 13.1 Å². The number of rotatable bonds is 2. The number of nitrogens with zero attached hydrogens (tertiary/aromatic N) is 3. The average Bonchev–Trinajstić information content (AvgIpc) is 2.72. The number of aliphatic hydroxyl groups excluding tert-OH is 1. The molecular formula is C8H6Br2ClN3OS. The van der Waals surface area contributed by atoms with Gasteiger partial charge in [0.2, 0.25) is 0 Å². The molecule has 4 nitrogen and oxygen atoms in total. The average molecular weight is 387 g/mol. The Labute approximate surface area is 117 Å². The van der Waals surface area contributed by atoms with Gasteiger partial charge in [-0.15, -0.1) is 16.4 Å². The van der Waals surface area contributed by atoms with E-state index in [-0.39, 0.29) is 0 Å². The summed E-state index contributed by atoms with van der Waals surface area (Å²) in [4.78, 5) is 0.739. The first-order valence-electron chi connectivity index (χ1n) is 4.18. The smallest absolute Gasteiger partial charge is 0.154 e. The maximum absolute atomic E-state index is 10.2. The summed E-state index contributed by atoms with van der Waals surface area (Å²) in [5.41, 5.74) is 0.602. The predicted molar refractivity (Wildman–Crippen MR) is 69.8 cm³/mol. The Hall–Kier alpha value is 0.0500. The van der Waals surface area contributed by atoms with Crippen molar-refractivity contribution in [1.82, 2.24) is 15.0 Å². The van der Waals surface area contributed by atoms with Gasteiger partial charge in [0.05, 0.1) is 0 Å². The topological polar surface area (TPSA) is 50.9 Å². The molecule has 0 aromatic carbocycles. The van der Waals surface area contributed by atoms with Crippen molar-refractivity contribution in [1.29, 1.82) is 0 Å². The fraction of sp³-hybridized carbons (Fsp3) is 0.250. The largest absolute Gasteiger partial charge is 0.381 e. The van der Waals surface area contributed by atoms with Crippen molar-refractivity contribution in [2.45, 2.75) is 6.10 Å². The lowest BCUT2D eigenvalue weighted by molar-refractivity contribution is 0.212. The third-order valence-electron chi connectivity index (χ3n) is 2.02. The summed E-state index contributed by atoms with van der Waals surface area (Å²) in [6, 6.07) is 1.79. The summed E-state index contributed by atoms with van der Waals surface area (Å²) in [7, 11) is 1.72. The number of thiophene rings is 1. The third kappa shape index (κ3) is 2.19. The molecule has 86 valence electrons. The van der Waals surface area contributed by atoms with Crippen LogP contribution < -0.4 is 0 Å². The van der Waals surface area contributed by atoms with E-state index in [4.69, 9.17) is 11.6 Å². The van der Waals surface area contributed by atoms with E-state index in [1.165, 1.54) is 16.0 Å². The summed E-state index contributed by atoms with van der Waals surface area (Å²) in [5, 5.41) is 17.8. The molecule has 0 saturated carbocycles. The third-order valence-corrected chi connectivity index (χ3v) is 5.11. The lowest BCUT2D eigenvalue weighted by Gasteiger charge is -2.08. The van der Waals surface area contributed by atoms with Gasteiger partial charge in [0.15, 0.2) is 4.60 Å². The van der Waals surface area contributed by atoms with Gasteiger partial charge in [0, 0.05) is 16.4 Å². The Morgan fingerprint density at radius 2 is 2.25 bits per heavy atom. The molecule has 0 aliphatic rings. The molecule has 0 aliphatic carbocycles. The summed E-state index contributed by atoms with van der Waals surface area (Å²) in [5.74, 6) is 0. The number of aryl methyl sites for hydroxylation is 1. The molecule has 1 atom stereocenters. The summed E-state index contributed by atoms with van der Waals surface area (Å²) in [6.07, 6.45) is -0.789. The van der Waals surface area contributed by atoms with Crippen LogP contribution in [0.5, 0.6) is 0 Å². The minimum atomic E-state index is -0.789. The Morgan fingerprint density at radius 3 is 2.69 bits per heavy atom. The molecule has 0 fully saturated rings. The number of aromatic nitrogens is 3. The molecule has 0 spiro atoms. The summed E-state index contributed by atoms with van der Waals surface area (Å²) >= 11 is 13.8. The van der Waals surface area contributed by atoms with E-state index < -0.39 is 6.10 Å². The van der Waals surface area contributed by atoms with Crippen molar-refractivity contribution in [2.24, 2.45) is 7.05 Å². The molecular weight excluding hydrogens is 381 g/mol. The molecule has 0 bridgehead atoms. The van der Waals surface area contributed by atoms with Crippen LogP contribution >= 0.6 is 54.8 Å². The van der Waals surface area contributed by atoms with E-state index in [1.807, 2.05) is 0 Å². The van der Waals surface area contributed by atoms with Gasteiger partial charge < -0.3 is 5.11 Å². The lowest BCUT2D eigenvalue weighted by atomic mass is 10.2. The zero-order chi connectivity index (χ0) is 11.9. The number of halogens is 3. The van der Waals surface area contributed by atoms with Crippen molar-refractivity contribution in [3.05, 3.63) is 30.0 Å². The summed E-state index contributed by atoms with van der Waals surface area (Å²) in [6.45, 7) is 0. The quantitative estimate of drug-likeness (QED) is 0.861. The highest BCUT2D eigenvalue weighted by Gasteiger charge is 2.22. The highest BCUT2D eigenvalue weighted by molar-refractivity contribution is 9.10. The zero-order valence-corrected chi connectivity index (χ0v) is 12.7. The summed E-state index contributed by atoms with van der Waals surface area (Å²) < 4.78 is 3.44. The Morgan fingerprint density at radius 1 is 1.56 bits per heavy atom. The molecule has 1 N–H and O–H groups in total. The molecule has 0 amide bonds. The van der Waals surface area contributed by atoms with Crippen LogP contribution in [0.3, 0.4) is 0 Å². The van der Waals surface area contributed by atoms with Gasteiger partial charge in [0.1, 0.15) is 16.1 Å². The predicted octanol–water partition coefficient (Wildman–Crippen LogP) is 3.14. The number of hydrogen-bond acceptors (Lipinski definition) is 4. The van der Waals surface area contributed by atoms with Crippen LogP contribution in [0.15, 0.2) is 15.1 Å². The van der Waals surface area contributed by atoms with Gasteiger partial charge in [-0.25, -0.2) is 4.68 Å². The number of aliphatic hydroxyl groups is 1. The SMILES string of the molecule is Cn1nnc(Br)c1C(O)c1cc(Br)c(Cl)s1. The minimum absolute atomic E-state index is 0.531. The first-order valence-corrected chi connectivity index (χ1v) is 6.96. The molecule has 16 heavy (non-hydrogen) atoms. The van der Waals surface area contributed by atoms with Crippen LogP contribution in [0.1, 0.15) is 16.7 Å². The Kier molecular flexibility index (Phi) is 3.70. The maximum Gasteiger partial charge on any atom is 0.154 e. The second-order valence-electron chi connectivity index (χ2n) is 3.06. The van der Waals surface area contributed by atoms with Gasteiger partial charge >= 0.3 is 0 Å². The zero-order valence-electron chi connectivity index (χ0n) is 7.99. The van der Waals surface area contributed by atoms with Gasteiger partial charge in [-0.05, 0) is 37.9 Å². The van der Waals surface area contributed by atoms with Crippen molar-refractivity contribution < 1.29 is 5.11 Å². The minimum Gasteiger partial charge on any atom is -0.381 e. The highest BCUT2D eigenvalue weighted by atomic mass is 79.9. The van der Waals surface area contributed by atoms with Gasteiger partial charge in [-0.1, -0.05) is 16.8 Å². The van der Waals surface area contributed by atoms with E-state index in [2.05, 4.69) is 42.2 Å². The molecule has 2 rings (SSSR count). The highest BCUT2D eigenvalue weighted by Crippen LogP contribution is 2.38. The molecule has 2 heterocycles. The molecule has 8 heteroatoms. The molecule has 0 saturated heterocycles. The monoisotopic (exact) mass is 385 g/mol. The molecule has 0 aliphatic heterocycles. The lowest BCUT2D eigenvalue weighted by Crippen LogP contribution is -2.05. The Bertz CT molecular complexity index is 488. The van der Waals surface area contributed by atoms with Crippen LogP contribution in [-0.4, -0.2) is 20.1 Å². The van der Waals surface area contributed by atoms with Crippen LogP contribution in [0.2, 0.25) is 4.34 Å². The van der Waals surface area contributed by atoms with Gasteiger partial charge in [-0.3, -0.25) is 0 Å². The fourth-order valence-electron chi connectivity index (χ4n) is 1.26. The van der Waals surface area contributed by atoms with Crippen LogP contribution in [-0.2, 0) is 7.05 Å². The molecule has 0 radical (unpaired) electrons. The Balaban J connectivity index is 2.42. The second-order valence-corrected chi connectivity index (χ2v) is 6.35. The van der Waals surface area contributed by atoms with Crippen LogP contribution in [0.4, 0.5) is 0 Å². The van der Waals surface area contributed by atoms with Crippen molar-refractivity contribution in [3.63, 3.8) is 0 Å². The van der Waals surface area contributed by atoms with Crippen molar-refractivity contribution >= 4 is 54.8 Å². The first-order chi connectivity index (χ1) is 7.50. The van der Waals surface area contributed by atoms with Crippen molar-refractivity contribution in [2.75, 3.05) is 0 Å². The van der Waals surface area contributed by atoms with E-state index >= 15 is 0 Å². The van der Waals surface area contributed by atoms with Gasteiger partial charge in [0.25, 0.3) is 0 Å². The number of hydrogen-bond donors (Lipinski definition) is 1. The van der Waals surface area contributed by atoms with Crippen LogP contribution in [0.25, 0.3) is 0 Å². The van der Waals surface area contributed by atoms with Gasteiger partial charge in [-0.2, -0.15) is 0 Å². The normalized spacial score (nSPS) is 13.1. The second kappa shape index (κ2) is 4.73. The van der Waals surface area contributed by atoms with E-state index in [9.17, 15) is 5.11 Å². The molecule has 1 unspecified atom stereocenters. The molecule has 2 aromatic heterocycles. The fourth-order valence-corrected chi connectivity index (χ4v) is 3.53. The standard InChI is InChI=1S/C8H6Br2ClN3OS/c1-14-5(7(10)12-13-14)6(15)4-2-3(9)8(11)16-4/h2,6,15H,1H3. The maximum atomic E-state index is 10.2. The van der Waals surface area contributed by atoms with E-state index in [0.29, 0.717) is 14.6 Å². The van der Waals surface area contributed by atoms with E-state index in [0.717, 1.165) is 9.35 Å². The first kappa shape index (κ1) is 12.5. The van der Waals surface area contributed by atoms with Crippen LogP contribution in [0, 0.1) is 0 Å².